The number of hydrogen-bond donors (Lipinski definition) is 4. The van der Waals surface area contributed by atoms with Gasteiger partial charge in [-0.05, 0) is 63.5 Å². The number of nitrogens with zero attached hydrogens (tertiary/aromatic N) is 3. The van der Waals surface area contributed by atoms with Gasteiger partial charge in [-0.25, -0.2) is 15.0 Å². The number of oxazole rings is 3. The minimum absolute atomic E-state index is 0.339. The van der Waals surface area contributed by atoms with Gasteiger partial charge in [0.15, 0.2) is 6.39 Å². The van der Waals surface area contributed by atoms with Crippen LogP contribution >= 0.6 is 22.6 Å². The fourth-order valence-electron chi connectivity index (χ4n) is 3.17. The Kier molecular flexibility index (Phi) is 10.8. The summed E-state index contributed by atoms with van der Waals surface area (Å²) in [6.45, 7) is 8.09. The Hall–Kier alpha value is -4.02. The maximum Gasteiger partial charge on any atom is 0.494 e. The first-order chi connectivity index (χ1) is 19.4. The zero-order valence-electron chi connectivity index (χ0n) is 23.2. The van der Waals surface area contributed by atoms with Crippen molar-refractivity contribution >= 4 is 57.9 Å². The van der Waals surface area contributed by atoms with Crippen LogP contribution < -0.4 is 28.4 Å². The third-order valence-electron chi connectivity index (χ3n) is 6.15. The van der Waals surface area contributed by atoms with Crippen molar-refractivity contribution < 1.29 is 22.6 Å². The molecule has 0 bridgehead atoms. The van der Waals surface area contributed by atoms with Crippen molar-refractivity contribution in [2.45, 2.75) is 38.9 Å². The molecule has 1 saturated heterocycles. The number of rotatable bonds is 2. The lowest BCUT2D eigenvalue weighted by Crippen LogP contribution is -2.41. The molecule has 0 unspecified atom stereocenters. The fourth-order valence-corrected chi connectivity index (χ4v) is 3.48. The minimum atomic E-state index is -0.386. The lowest BCUT2D eigenvalue weighted by Gasteiger charge is -2.32. The zero-order chi connectivity index (χ0) is 30.0. The summed E-state index contributed by atoms with van der Waals surface area (Å²) in [5.74, 6) is 0.548. The van der Waals surface area contributed by atoms with E-state index in [-0.39, 0.29) is 18.3 Å². The van der Waals surface area contributed by atoms with Gasteiger partial charge in [0.1, 0.15) is 18.8 Å². The first kappa shape index (κ1) is 31.5. The number of halogens is 1. The molecule has 41 heavy (non-hydrogen) atoms. The van der Waals surface area contributed by atoms with Crippen LogP contribution in [0.1, 0.15) is 27.7 Å². The summed E-state index contributed by atoms with van der Waals surface area (Å²) in [5, 5.41) is 0. The lowest BCUT2D eigenvalue weighted by atomic mass is 9.79. The van der Waals surface area contributed by atoms with E-state index in [2.05, 4.69) is 19.4 Å². The summed E-state index contributed by atoms with van der Waals surface area (Å²) >= 11 is 2.00. The quantitative estimate of drug-likeness (QED) is 0.115. The predicted molar refractivity (Wildman–Crippen MR) is 167 cm³/mol. The molecule has 14 heteroatoms. The summed E-state index contributed by atoms with van der Waals surface area (Å²) in [6, 6.07) is 10.7. The molecule has 0 saturated carbocycles. The smallest absolute Gasteiger partial charge is 0.452 e. The molecule has 8 N–H and O–H groups in total. The largest absolute Gasteiger partial charge is 0.494 e. The summed E-state index contributed by atoms with van der Waals surface area (Å²) in [4.78, 5) is 11.3. The molecule has 3 aromatic heterocycles. The van der Waals surface area contributed by atoms with Gasteiger partial charge in [-0.3, -0.25) is 0 Å². The summed E-state index contributed by atoms with van der Waals surface area (Å²) in [5.41, 5.74) is 26.0. The Morgan fingerprint density at radius 2 is 1.32 bits per heavy atom. The van der Waals surface area contributed by atoms with Crippen molar-refractivity contribution in [1.82, 2.24) is 15.0 Å². The van der Waals surface area contributed by atoms with Gasteiger partial charge in [0.2, 0.25) is 5.89 Å². The van der Waals surface area contributed by atoms with Gasteiger partial charge in [0.25, 0.3) is 3.90 Å². The van der Waals surface area contributed by atoms with E-state index < -0.39 is 0 Å². The van der Waals surface area contributed by atoms with E-state index in [1.165, 1.54) is 18.9 Å². The Morgan fingerprint density at radius 3 is 1.73 bits per heavy atom. The molecule has 0 aliphatic carbocycles. The van der Waals surface area contributed by atoms with Gasteiger partial charge in [-0.1, -0.05) is 6.07 Å². The molecule has 0 spiro atoms. The number of nitrogens with two attached hydrogens (primary N) is 4. The van der Waals surface area contributed by atoms with Crippen molar-refractivity contribution in [3.05, 3.63) is 84.1 Å². The average molecular weight is 673 g/mol. The van der Waals surface area contributed by atoms with E-state index in [1.807, 2.05) is 62.4 Å². The molecule has 4 heterocycles. The van der Waals surface area contributed by atoms with Crippen LogP contribution in [0.2, 0.25) is 0 Å². The van der Waals surface area contributed by atoms with Gasteiger partial charge in [-0.2, -0.15) is 0 Å². The fraction of sp³-hybridized carbons (Fsp3) is 0.222. The molecule has 6 rings (SSSR count). The van der Waals surface area contributed by atoms with Gasteiger partial charge in [0, 0.05) is 28.2 Å². The second-order valence-electron chi connectivity index (χ2n) is 9.62. The van der Waals surface area contributed by atoms with Crippen LogP contribution in [-0.2, 0) is 9.31 Å². The van der Waals surface area contributed by atoms with E-state index >= 15 is 0 Å². The molecule has 12 nitrogen and oxygen atoms in total. The van der Waals surface area contributed by atoms with Crippen LogP contribution in [0.5, 0.6) is 0 Å². The predicted octanol–water partition coefficient (Wildman–Crippen LogP) is 4.61. The van der Waals surface area contributed by atoms with Crippen LogP contribution in [0.4, 0.5) is 22.7 Å². The minimum Gasteiger partial charge on any atom is -0.452 e. The van der Waals surface area contributed by atoms with E-state index in [0.717, 1.165) is 11.0 Å². The molecule has 0 atom stereocenters. The van der Waals surface area contributed by atoms with Crippen LogP contribution in [0.3, 0.4) is 0 Å². The normalized spacial score (nSPS) is 14.5. The summed E-state index contributed by atoms with van der Waals surface area (Å²) in [7, 11) is -0.386. The SMILES string of the molecule is CC1(C)OB(c2ccc(N)c(N)c2)OC1(C)C.Ic1ncco1.Nc1ccc(-c2ncco2)cc1N.c1cocn1. The molecular weight excluding hydrogens is 640 g/mol. The maximum absolute atomic E-state index is 5.93. The van der Waals surface area contributed by atoms with Crippen LogP contribution in [0, 0.1) is 3.90 Å². The Bertz CT molecular complexity index is 1430. The van der Waals surface area contributed by atoms with E-state index in [9.17, 15) is 0 Å². The molecule has 216 valence electrons. The second-order valence-corrected chi connectivity index (χ2v) is 10.5. The number of benzene rings is 2. The van der Waals surface area contributed by atoms with Crippen molar-refractivity contribution in [2.75, 3.05) is 22.9 Å². The van der Waals surface area contributed by atoms with E-state index in [4.69, 9.17) is 41.1 Å². The molecule has 0 amide bonds. The Morgan fingerprint density at radius 1 is 0.707 bits per heavy atom. The highest BCUT2D eigenvalue weighted by Gasteiger charge is 2.51. The highest BCUT2D eigenvalue weighted by Crippen LogP contribution is 2.36. The molecule has 1 aliphatic heterocycles. The van der Waals surface area contributed by atoms with E-state index in [0.29, 0.717) is 32.5 Å². The third kappa shape index (κ3) is 8.99. The van der Waals surface area contributed by atoms with Crippen LogP contribution in [-0.4, -0.2) is 33.3 Å². The standard InChI is InChI=1S/C12H19BN2O2.C9H9N3O.C3H2INO.C3H3NO/c1-11(2)12(3,4)17-13(16-11)8-5-6-9(14)10(15)7-8;10-7-2-1-6(5-8(7)11)9-12-3-4-13-9;4-3-5-1-2-6-3;1-2-5-3-4-1/h5-7H,14-15H2,1-4H3;1-5H,10-11H2;1-2H;1-3H. The highest BCUT2D eigenvalue weighted by atomic mass is 127. The van der Waals surface area contributed by atoms with Gasteiger partial charge >= 0.3 is 7.12 Å². The first-order valence-electron chi connectivity index (χ1n) is 12.3. The van der Waals surface area contributed by atoms with Crippen LogP contribution in [0.15, 0.2) is 93.4 Å². The Labute approximate surface area is 252 Å². The number of aromatic nitrogens is 3. The van der Waals surface area contributed by atoms with Gasteiger partial charge < -0.3 is 45.5 Å². The van der Waals surface area contributed by atoms with Gasteiger partial charge in [0.05, 0.1) is 52.5 Å². The second kappa shape index (κ2) is 14.1. The summed E-state index contributed by atoms with van der Waals surface area (Å²) in [6.07, 6.45) is 10.7. The molecule has 1 aliphatic rings. The molecule has 2 aromatic carbocycles. The number of nitrogen functional groups attached to an aromatic ring is 4. The van der Waals surface area contributed by atoms with Crippen molar-refractivity contribution in [3.8, 4) is 11.5 Å². The number of hydrogen-bond acceptors (Lipinski definition) is 12. The number of anilines is 4. The maximum atomic E-state index is 5.93. The third-order valence-corrected chi connectivity index (χ3v) is 6.68. The lowest BCUT2D eigenvalue weighted by molar-refractivity contribution is 0.00578. The van der Waals surface area contributed by atoms with Crippen molar-refractivity contribution in [2.24, 2.45) is 0 Å². The monoisotopic (exact) mass is 673 g/mol. The highest BCUT2D eigenvalue weighted by molar-refractivity contribution is 14.1. The Balaban J connectivity index is 0.000000168. The molecule has 1 fully saturated rings. The van der Waals surface area contributed by atoms with Crippen molar-refractivity contribution in [3.63, 3.8) is 0 Å². The first-order valence-corrected chi connectivity index (χ1v) is 13.4. The average Bonchev–Trinajstić information content (AvgIpc) is 3.74. The van der Waals surface area contributed by atoms with Crippen LogP contribution in [0.25, 0.3) is 11.5 Å². The molecule has 5 aromatic rings. The summed E-state index contributed by atoms with van der Waals surface area (Å²) < 4.78 is 26.8. The van der Waals surface area contributed by atoms with E-state index in [1.54, 1.807) is 49.1 Å². The topological polar surface area (TPSA) is 201 Å². The van der Waals surface area contributed by atoms with Crippen molar-refractivity contribution in [1.29, 1.82) is 0 Å². The van der Waals surface area contributed by atoms with Gasteiger partial charge in [-0.15, -0.1) is 0 Å². The zero-order valence-corrected chi connectivity index (χ0v) is 25.3. The molecular formula is C27H33BIN7O5. The molecule has 0 radical (unpaired) electrons.